The van der Waals surface area contributed by atoms with Crippen molar-refractivity contribution < 1.29 is 37.5 Å². The maximum absolute atomic E-state index is 12.6. The minimum absolute atomic E-state index is 0.0148. The fourth-order valence-corrected chi connectivity index (χ4v) is 3.78. The molecule has 0 aromatic carbocycles. The Bertz CT molecular complexity index is 551. The minimum Gasteiger partial charge on any atom is -0.469 e. The lowest BCUT2D eigenvalue weighted by atomic mass is 9.87. The second-order valence-electron chi connectivity index (χ2n) is 6.10. The van der Waals surface area contributed by atoms with E-state index < -0.39 is 37.1 Å². The number of hydrogen-bond donors (Lipinski definition) is 2. The molecule has 10 nitrogen and oxygen atoms in total. The molecule has 1 fully saturated rings. The Morgan fingerprint density at radius 3 is 2.24 bits per heavy atom. The van der Waals surface area contributed by atoms with E-state index in [1.807, 2.05) is 0 Å². The molecule has 1 amide bonds. The van der Waals surface area contributed by atoms with Crippen molar-refractivity contribution in [2.45, 2.75) is 32.8 Å². The Labute approximate surface area is 146 Å². The Balaban J connectivity index is 2.63. The van der Waals surface area contributed by atoms with Gasteiger partial charge in [0.05, 0.1) is 33.7 Å². The van der Waals surface area contributed by atoms with Crippen LogP contribution in [0.3, 0.4) is 0 Å². The maximum Gasteiger partial charge on any atom is 0.406 e. The van der Waals surface area contributed by atoms with E-state index in [0.717, 1.165) is 0 Å². The zero-order valence-corrected chi connectivity index (χ0v) is 15.7. The third kappa shape index (κ3) is 6.74. The highest BCUT2D eigenvalue weighted by Gasteiger charge is 2.47. The smallest absolute Gasteiger partial charge is 0.406 e. The van der Waals surface area contributed by atoms with Crippen LogP contribution in [0.2, 0.25) is 0 Å². The van der Waals surface area contributed by atoms with Crippen molar-refractivity contribution in [3.05, 3.63) is 0 Å². The predicted octanol–water partition coefficient (Wildman–Crippen LogP) is 0.368. The van der Waals surface area contributed by atoms with Gasteiger partial charge in [-0.1, -0.05) is 13.8 Å². The molecule has 1 saturated heterocycles. The van der Waals surface area contributed by atoms with E-state index >= 15 is 0 Å². The summed E-state index contributed by atoms with van der Waals surface area (Å²) in [4.78, 5) is 34.5. The molecular weight excluding hydrogens is 355 g/mol. The lowest BCUT2D eigenvalue weighted by Crippen LogP contribution is -2.50. The van der Waals surface area contributed by atoms with Gasteiger partial charge >= 0.3 is 19.7 Å². The van der Waals surface area contributed by atoms with Gasteiger partial charge in [-0.15, -0.1) is 0 Å². The highest BCUT2D eigenvalue weighted by atomic mass is 31.2. The molecule has 1 heterocycles. The summed E-state index contributed by atoms with van der Waals surface area (Å²) in [6.45, 7) is 3.57. The van der Waals surface area contributed by atoms with E-state index in [4.69, 9.17) is 9.05 Å². The second kappa shape index (κ2) is 9.28. The maximum atomic E-state index is 12.6. The molecule has 11 heteroatoms. The van der Waals surface area contributed by atoms with Crippen LogP contribution in [0.15, 0.2) is 0 Å². The molecule has 0 radical (unpaired) electrons. The Morgan fingerprint density at radius 1 is 1.12 bits per heavy atom. The van der Waals surface area contributed by atoms with E-state index in [1.54, 1.807) is 13.8 Å². The van der Waals surface area contributed by atoms with Crippen LogP contribution in [0, 0.1) is 5.41 Å². The quantitative estimate of drug-likeness (QED) is 0.453. The molecule has 2 atom stereocenters. The number of amides is 1. The average Bonchev–Trinajstić information content (AvgIpc) is 2.56. The van der Waals surface area contributed by atoms with Gasteiger partial charge in [-0.2, -0.15) is 0 Å². The van der Waals surface area contributed by atoms with Gasteiger partial charge in [0.15, 0.2) is 6.10 Å². The van der Waals surface area contributed by atoms with Gasteiger partial charge in [0.25, 0.3) is 0 Å². The first kappa shape index (κ1) is 21.6. The molecule has 144 valence electrons. The minimum atomic E-state index is -3.74. The fourth-order valence-electron chi connectivity index (χ4n) is 2.00. The first-order valence-corrected chi connectivity index (χ1v) is 9.27. The summed E-state index contributed by atoms with van der Waals surface area (Å²) in [5.41, 5.74) is -0.729. The summed E-state index contributed by atoms with van der Waals surface area (Å²) in [6, 6.07) is 0. The highest BCUT2D eigenvalue weighted by Crippen LogP contribution is 2.53. The number of carbonyl (C=O) groups excluding carboxylic acids is 3. The standard InChI is InChI=1S/C14H25N2O8P/c1-14(2)9-23-25(20,16-8-6-11(18)22-4)24-12(14)13(19)15-7-5-10(17)21-3/h12H,5-9H2,1-4H3,(H,15,19)(H,16,20)/t12-,25+/m0/s1. The van der Waals surface area contributed by atoms with Crippen LogP contribution < -0.4 is 10.4 Å². The first-order chi connectivity index (χ1) is 11.6. The van der Waals surface area contributed by atoms with Crippen molar-refractivity contribution in [2.75, 3.05) is 33.9 Å². The van der Waals surface area contributed by atoms with Crippen LogP contribution in [0.4, 0.5) is 0 Å². The fraction of sp³-hybridized carbons (Fsp3) is 0.786. The molecule has 1 rings (SSSR count). The van der Waals surface area contributed by atoms with Crippen LogP contribution in [-0.2, 0) is 37.5 Å². The van der Waals surface area contributed by atoms with E-state index in [1.165, 1.54) is 14.2 Å². The molecule has 1 aliphatic rings. The molecule has 0 bridgehead atoms. The number of rotatable bonds is 8. The summed E-state index contributed by atoms with van der Waals surface area (Å²) in [7, 11) is -1.24. The lowest BCUT2D eigenvalue weighted by molar-refractivity contribution is -0.142. The van der Waals surface area contributed by atoms with Crippen LogP contribution in [0.25, 0.3) is 0 Å². The molecule has 0 aromatic rings. The number of nitrogens with one attached hydrogen (secondary N) is 2. The summed E-state index contributed by atoms with van der Waals surface area (Å²) in [5, 5.41) is 5.08. The van der Waals surface area contributed by atoms with Crippen molar-refractivity contribution in [1.82, 2.24) is 10.4 Å². The number of methoxy groups -OCH3 is 2. The molecular formula is C14H25N2O8P. The van der Waals surface area contributed by atoms with Gasteiger partial charge in [-0.05, 0) is 0 Å². The summed E-state index contributed by atoms with van der Waals surface area (Å²) < 4.78 is 32.2. The van der Waals surface area contributed by atoms with Crippen molar-refractivity contribution >= 4 is 25.6 Å². The predicted molar refractivity (Wildman–Crippen MR) is 86.5 cm³/mol. The van der Waals surface area contributed by atoms with Crippen LogP contribution >= 0.6 is 7.75 Å². The van der Waals surface area contributed by atoms with E-state index in [0.29, 0.717) is 0 Å². The Kier molecular flexibility index (Phi) is 8.01. The summed E-state index contributed by atoms with van der Waals surface area (Å²) >= 11 is 0. The zero-order chi connectivity index (χ0) is 19.1. The molecule has 0 saturated carbocycles. The highest BCUT2D eigenvalue weighted by molar-refractivity contribution is 7.51. The van der Waals surface area contributed by atoms with Crippen LogP contribution in [-0.4, -0.2) is 57.9 Å². The van der Waals surface area contributed by atoms with Gasteiger partial charge in [-0.25, -0.2) is 9.65 Å². The third-order valence-electron chi connectivity index (χ3n) is 3.52. The third-order valence-corrected chi connectivity index (χ3v) is 5.09. The second-order valence-corrected chi connectivity index (χ2v) is 7.88. The monoisotopic (exact) mass is 380 g/mol. The number of carbonyl (C=O) groups is 3. The molecule has 2 N–H and O–H groups in total. The number of hydrogen-bond acceptors (Lipinski definition) is 8. The van der Waals surface area contributed by atoms with Crippen molar-refractivity contribution in [2.24, 2.45) is 5.41 Å². The number of esters is 2. The Morgan fingerprint density at radius 2 is 1.68 bits per heavy atom. The average molecular weight is 380 g/mol. The van der Waals surface area contributed by atoms with E-state index in [-0.39, 0.29) is 32.5 Å². The van der Waals surface area contributed by atoms with Crippen molar-refractivity contribution in [3.8, 4) is 0 Å². The molecule has 1 aliphatic heterocycles. The molecule has 0 aromatic heterocycles. The van der Waals surface area contributed by atoms with Crippen LogP contribution in [0.1, 0.15) is 26.7 Å². The topological polar surface area (TPSA) is 129 Å². The van der Waals surface area contributed by atoms with Gasteiger partial charge in [0.2, 0.25) is 5.91 Å². The molecule has 0 spiro atoms. The normalized spacial score (nSPS) is 25.0. The molecule has 25 heavy (non-hydrogen) atoms. The number of ether oxygens (including phenoxy) is 2. The molecule has 0 aliphatic carbocycles. The summed E-state index contributed by atoms with van der Waals surface area (Å²) in [5.74, 6) is -1.44. The zero-order valence-electron chi connectivity index (χ0n) is 14.8. The van der Waals surface area contributed by atoms with E-state index in [9.17, 15) is 18.9 Å². The SMILES string of the molecule is COC(=O)CCNC(=O)[C@@H]1O[P@@](=O)(NCCC(=O)OC)OCC1(C)C. The van der Waals surface area contributed by atoms with Gasteiger partial charge < -0.3 is 14.8 Å². The van der Waals surface area contributed by atoms with Gasteiger partial charge in [0, 0.05) is 18.5 Å². The van der Waals surface area contributed by atoms with Gasteiger partial charge in [-0.3, -0.25) is 23.4 Å². The van der Waals surface area contributed by atoms with Crippen LogP contribution in [0.5, 0.6) is 0 Å². The van der Waals surface area contributed by atoms with Crippen molar-refractivity contribution in [3.63, 3.8) is 0 Å². The molecule has 0 unspecified atom stereocenters. The lowest BCUT2D eigenvalue weighted by Gasteiger charge is -2.40. The van der Waals surface area contributed by atoms with E-state index in [2.05, 4.69) is 19.9 Å². The summed E-state index contributed by atoms with van der Waals surface area (Å²) in [6.07, 6.45) is -1.05. The van der Waals surface area contributed by atoms with Crippen molar-refractivity contribution in [1.29, 1.82) is 0 Å². The van der Waals surface area contributed by atoms with Gasteiger partial charge in [0.1, 0.15) is 0 Å². The first-order valence-electron chi connectivity index (χ1n) is 7.73. The Hall–Kier alpha value is -1.48. The largest absolute Gasteiger partial charge is 0.469 e.